The van der Waals surface area contributed by atoms with E-state index in [0.717, 1.165) is 41.8 Å². The predicted octanol–water partition coefficient (Wildman–Crippen LogP) is 8.63. The van der Waals surface area contributed by atoms with E-state index in [4.69, 9.17) is 14.5 Å². The highest BCUT2D eigenvalue weighted by Gasteiger charge is 2.45. The maximum Gasteiger partial charge on any atom is 0.407 e. The van der Waals surface area contributed by atoms with Crippen LogP contribution in [0.2, 0.25) is 0 Å². The van der Waals surface area contributed by atoms with Gasteiger partial charge in [0.15, 0.2) is 0 Å². The number of hydrogen-bond acceptors (Lipinski definition) is 8. The molecule has 3 aliphatic heterocycles. The summed E-state index contributed by atoms with van der Waals surface area (Å²) in [5.41, 5.74) is 6.49. The van der Waals surface area contributed by atoms with Crippen molar-refractivity contribution in [2.75, 3.05) is 27.3 Å². The van der Waals surface area contributed by atoms with E-state index < -0.39 is 36.2 Å². The molecule has 0 spiro atoms. The number of nitrogens with zero attached hydrogens (tertiary/aromatic N) is 4. The summed E-state index contributed by atoms with van der Waals surface area (Å²) in [6.45, 7) is 4.77. The number of alkyl halides is 2. The van der Waals surface area contributed by atoms with E-state index in [2.05, 4.69) is 20.6 Å². The second-order valence-electron chi connectivity index (χ2n) is 17.1. The minimum absolute atomic E-state index is 0.0751. The molecular weight excluding hydrogens is 821 g/mol. The first-order chi connectivity index (χ1) is 30.9. The fourth-order valence-electron chi connectivity index (χ4n) is 9.67. The van der Waals surface area contributed by atoms with Crippen LogP contribution in [-0.2, 0) is 31.4 Å². The summed E-state index contributed by atoms with van der Waals surface area (Å²) >= 11 is 0. The number of imidazole rings is 1. The van der Waals surface area contributed by atoms with Crippen molar-refractivity contribution in [3.05, 3.63) is 119 Å². The molecule has 1 aliphatic carbocycles. The van der Waals surface area contributed by atoms with Crippen molar-refractivity contribution in [1.82, 2.24) is 30.4 Å². The summed E-state index contributed by atoms with van der Waals surface area (Å²) in [6.07, 6.45) is 3.66. The molecule has 0 radical (unpaired) electrons. The molecule has 1 aromatic heterocycles. The van der Waals surface area contributed by atoms with Crippen LogP contribution in [0.5, 0.6) is 0 Å². The molecule has 4 aromatic carbocycles. The highest BCUT2D eigenvalue weighted by Crippen LogP contribution is 2.53. The van der Waals surface area contributed by atoms with Crippen LogP contribution in [0.3, 0.4) is 0 Å². The minimum atomic E-state index is -3.28. The normalized spacial score (nSPS) is 19.1. The maximum absolute atomic E-state index is 16.6. The van der Waals surface area contributed by atoms with Crippen LogP contribution in [0, 0.1) is 5.92 Å². The minimum Gasteiger partial charge on any atom is -0.453 e. The Morgan fingerprint density at radius 2 is 1.38 bits per heavy atom. The number of likely N-dealkylation sites (tertiary alicyclic amines) is 2. The van der Waals surface area contributed by atoms with Gasteiger partial charge in [-0.05, 0) is 89.2 Å². The molecular formula is C49H49F2N7O6. The largest absolute Gasteiger partial charge is 0.453 e. The molecule has 9 rings (SSSR count). The van der Waals surface area contributed by atoms with Crippen molar-refractivity contribution in [2.45, 2.75) is 76.0 Å². The standard InChI is InChI=1S/C49H49F2N7O6/c1-27(2)42(55-47(61)63-3)45(59)57-20-8-12-40(57)38-25-32-22-29(16-19-37(32)53-38)30-14-17-33-34-18-15-31(24-36(34)49(50,51)35(33)23-30)39-26-52-44(54-39)41-13-9-21-58(41)46(60)43(56-48(62)64-4)28-10-6-5-7-11-28/h5-7,10-11,14-19,22-24,26-27,40-43H,8-9,12-13,20-21,25H2,1-4H3,(H,52,54)(H,55,61)(H,56,62)/t40-,41-,42-,43+/m0/s1. The maximum atomic E-state index is 16.6. The number of rotatable bonds is 10. The summed E-state index contributed by atoms with van der Waals surface area (Å²) in [4.78, 5) is 68.4. The molecule has 5 aromatic rings. The Morgan fingerprint density at radius 3 is 2.06 bits per heavy atom. The van der Waals surface area contributed by atoms with E-state index in [-0.39, 0.29) is 34.9 Å². The van der Waals surface area contributed by atoms with Crippen molar-refractivity contribution in [1.29, 1.82) is 0 Å². The molecule has 2 fully saturated rings. The Labute approximate surface area is 369 Å². The second-order valence-corrected chi connectivity index (χ2v) is 17.1. The quantitative estimate of drug-likeness (QED) is 0.127. The lowest BCUT2D eigenvalue weighted by molar-refractivity contribution is -0.135. The Bertz CT molecular complexity index is 2680. The Hall–Kier alpha value is -6.90. The molecule has 0 bridgehead atoms. The van der Waals surface area contributed by atoms with Crippen LogP contribution in [0.15, 0.2) is 96.1 Å². The summed E-state index contributed by atoms with van der Waals surface area (Å²) in [6, 6.07) is 22.6. The van der Waals surface area contributed by atoms with Gasteiger partial charge in [0.25, 0.3) is 11.8 Å². The molecule has 4 aliphatic rings. The Kier molecular flexibility index (Phi) is 11.3. The summed E-state index contributed by atoms with van der Waals surface area (Å²) in [7, 11) is 2.51. The number of amides is 4. The molecule has 330 valence electrons. The first-order valence-corrected chi connectivity index (χ1v) is 21.6. The van der Waals surface area contributed by atoms with Crippen LogP contribution in [-0.4, -0.2) is 88.9 Å². The van der Waals surface area contributed by atoms with Crippen LogP contribution in [0.1, 0.15) is 79.7 Å². The fourth-order valence-corrected chi connectivity index (χ4v) is 9.67. The van der Waals surface area contributed by atoms with E-state index in [1.165, 1.54) is 20.3 Å². The lowest BCUT2D eigenvalue weighted by Crippen LogP contribution is -2.53. The van der Waals surface area contributed by atoms with E-state index in [0.29, 0.717) is 65.3 Å². The van der Waals surface area contributed by atoms with E-state index in [1.54, 1.807) is 59.6 Å². The number of carbonyl (C=O) groups is 4. The van der Waals surface area contributed by atoms with Gasteiger partial charge < -0.3 is 34.9 Å². The summed E-state index contributed by atoms with van der Waals surface area (Å²) in [5, 5.41) is 5.36. The SMILES string of the molecule is COC(=O)N[C@H](C(=O)N1CCC[C@H]1C1=Nc2ccc(-c3ccc4c(c3)C(F)(F)c3cc(-c5cnc([C@@H]6CCCN6C(=O)[C@H](NC(=O)OC)c6ccccc6)[nH]5)ccc3-4)cc2C1)C(C)C. The lowest BCUT2D eigenvalue weighted by Gasteiger charge is -2.30. The number of ether oxygens (including phenoxy) is 2. The van der Waals surface area contributed by atoms with E-state index >= 15 is 8.78 Å². The number of aromatic amines is 1. The van der Waals surface area contributed by atoms with Gasteiger partial charge in [-0.2, -0.15) is 8.78 Å². The van der Waals surface area contributed by atoms with Crippen LogP contribution >= 0.6 is 0 Å². The molecule has 0 unspecified atom stereocenters. The molecule has 4 atom stereocenters. The van der Waals surface area contributed by atoms with Crippen molar-refractivity contribution < 1.29 is 37.4 Å². The lowest BCUT2D eigenvalue weighted by atomic mass is 9.95. The fraction of sp³-hybridized carbons (Fsp3) is 0.347. The topological polar surface area (TPSA) is 158 Å². The molecule has 13 nitrogen and oxygen atoms in total. The smallest absolute Gasteiger partial charge is 0.407 e. The van der Waals surface area contributed by atoms with Gasteiger partial charge in [-0.3, -0.25) is 14.6 Å². The zero-order chi connectivity index (χ0) is 44.9. The highest BCUT2D eigenvalue weighted by molar-refractivity contribution is 6.01. The zero-order valence-electron chi connectivity index (χ0n) is 36.0. The third-order valence-corrected chi connectivity index (χ3v) is 13.0. The van der Waals surface area contributed by atoms with E-state index in [1.807, 2.05) is 49.1 Å². The zero-order valence-corrected chi connectivity index (χ0v) is 36.0. The number of benzene rings is 4. The monoisotopic (exact) mass is 869 g/mol. The number of alkyl carbamates (subject to hydrolysis) is 2. The highest BCUT2D eigenvalue weighted by atomic mass is 19.3. The van der Waals surface area contributed by atoms with Gasteiger partial charge in [-0.1, -0.05) is 74.5 Å². The predicted molar refractivity (Wildman–Crippen MR) is 236 cm³/mol. The third-order valence-electron chi connectivity index (χ3n) is 13.0. The molecule has 3 N–H and O–H groups in total. The number of fused-ring (bicyclic) bond motifs is 4. The number of nitrogens with one attached hydrogen (secondary N) is 3. The average molecular weight is 870 g/mol. The number of aromatic nitrogens is 2. The molecule has 4 heterocycles. The van der Waals surface area contributed by atoms with Gasteiger partial charge in [0.2, 0.25) is 5.91 Å². The second kappa shape index (κ2) is 17.0. The van der Waals surface area contributed by atoms with Gasteiger partial charge in [0.05, 0.1) is 43.9 Å². The molecule has 0 saturated carbocycles. The number of carbonyl (C=O) groups excluding carboxylic acids is 4. The van der Waals surface area contributed by atoms with Gasteiger partial charge in [-0.15, -0.1) is 0 Å². The Morgan fingerprint density at radius 1 is 0.766 bits per heavy atom. The summed E-state index contributed by atoms with van der Waals surface area (Å²) < 4.78 is 42.8. The van der Waals surface area contributed by atoms with E-state index in [9.17, 15) is 19.2 Å². The number of aliphatic imine (C=N–C) groups is 1. The van der Waals surface area contributed by atoms with Gasteiger partial charge in [0.1, 0.15) is 17.9 Å². The summed E-state index contributed by atoms with van der Waals surface area (Å²) in [5.74, 6) is -3.38. The molecule has 4 amide bonds. The van der Waals surface area contributed by atoms with Crippen molar-refractivity contribution in [2.24, 2.45) is 10.9 Å². The van der Waals surface area contributed by atoms with Crippen LogP contribution in [0.4, 0.5) is 24.1 Å². The number of halogens is 2. The van der Waals surface area contributed by atoms with Crippen LogP contribution in [0.25, 0.3) is 33.5 Å². The van der Waals surface area contributed by atoms with Gasteiger partial charge in [0, 0.05) is 41.9 Å². The first kappa shape index (κ1) is 42.4. The molecule has 2 saturated heterocycles. The number of methoxy groups -OCH3 is 2. The average Bonchev–Trinajstić information content (AvgIpc) is 4.17. The molecule has 15 heteroatoms. The van der Waals surface area contributed by atoms with Gasteiger partial charge >= 0.3 is 12.2 Å². The number of H-pyrrole nitrogens is 1. The third kappa shape index (κ3) is 7.66. The first-order valence-electron chi connectivity index (χ1n) is 21.6. The number of hydrogen-bond donors (Lipinski definition) is 3. The van der Waals surface area contributed by atoms with Crippen molar-refractivity contribution in [3.63, 3.8) is 0 Å². The molecule has 64 heavy (non-hydrogen) atoms. The van der Waals surface area contributed by atoms with Crippen LogP contribution < -0.4 is 10.6 Å². The van der Waals surface area contributed by atoms with Gasteiger partial charge in [-0.25, -0.2) is 14.6 Å². The van der Waals surface area contributed by atoms with Crippen molar-refractivity contribution >= 4 is 35.4 Å². The Balaban J connectivity index is 0.913. The van der Waals surface area contributed by atoms with Crippen molar-refractivity contribution in [3.8, 4) is 33.5 Å².